The lowest BCUT2D eigenvalue weighted by atomic mass is 10.6. The zero-order chi connectivity index (χ0) is 8.27. The smallest absolute Gasteiger partial charge is 0.378 e. The Labute approximate surface area is 64.0 Å². The maximum atomic E-state index is 10.9. The van der Waals surface area contributed by atoms with E-state index < -0.39 is 5.97 Å². The molecule has 0 unspecified atom stereocenters. The lowest BCUT2D eigenvalue weighted by molar-refractivity contribution is 0.0512. The van der Waals surface area contributed by atoms with Crippen LogP contribution in [0.25, 0.3) is 0 Å². The molecule has 1 rings (SSSR count). The molecule has 0 fully saturated rings. The van der Waals surface area contributed by atoms with Gasteiger partial charge in [-0.05, 0) is 6.92 Å². The summed E-state index contributed by atoms with van der Waals surface area (Å²) in [5.41, 5.74) is 0. The summed E-state index contributed by atoms with van der Waals surface area (Å²) in [7, 11) is 1.63. The Balaban J connectivity index is 2.69. The normalized spacial score (nSPS) is 9.64. The van der Waals surface area contributed by atoms with Crippen molar-refractivity contribution in [2.75, 3.05) is 6.61 Å². The maximum absolute atomic E-state index is 10.9. The van der Waals surface area contributed by atoms with Crippen molar-refractivity contribution in [3.63, 3.8) is 0 Å². The zero-order valence-corrected chi connectivity index (χ0v) is 6.37. The Bertz CT molecular complexity index is 256. The first-order chi connectivity index (χ1) is 5.24. The molecule has 0 N–H and O–H groups in total. The summed E-state index contributed by atoms with van der Waals surface area (Å²) < 4.78 is 5.97. The SMILES string of the molecule is CCOC(=O)c1n[c]n(C)n1. The summed E-state index contributed by atoms with van der Waals surface area (Å²) in [6.45, 7) is 2.06. The quantitative estimate of drug-likeness (QED) is 0.553. The van der Waals surface area contributed by atoms with Crippen molar-refractivity contribution in [1.82, 2.24) is 14.8 Å². The van der Waals surface area contributed by atoms with Crippen molar-refractivity contribution < 1.29 is 9.53 Å². The number of esters is 1. The van der Waals surface area contributed by atoms with Gasteiger partial charge in [0.25, 0.3) is 5.82 Å². The van der Waals surface area contributed by atoms with Crippen LogP contribution in [0, 0.1) is 6.33 Å². The van der Waals surface area contributed by atoms with Gasteiger partial charge in [-0.3, -0.25) is 0 Å². The van der Waals surface area contributed by atoms with Crippen LogP contribution in [0.5, 0.6) is 0 Å². The summed E-state index contributed by atoms with van der Waals surface area (Å²) in [5, 5.41) is 3.70. The van der Waals surface area contributed by atoms with Crippen LogP contribution >= 0.6 is 0 Å². The van der Waals surface area contributed by atoms with Crippen LogP contribution in [-0.4, -0.2) is 27.3 Å². The molecule has 0 saturated heterocycles. The first kappa shape index (κ1) is 7.71. The molecule has 1 aromatic rings. The van der Waals surface area contributed by atoms with Crippen LogP contribution in [0.4, 0.5) is 0 Å². The average molecular weight is 154 g/mol. The van der Waals surface area contributed by atoms with Gasteiger partial charge in [0, 0.05) is 7.05 Å². The molecule has 5 heteroatoms. The molecule has 5 nitrogen and oxygen atoms in total. The molecule has 0 aromatic carbocycles. The number of aromatic nitrogens is 3. The van der Waals surface area contributed by atoms with Gasteiger partial charge in [0.05, 0.1) is 6.61 Å². The van der Waals surface area contributed by atoms with Gasteiger partial charge in [-0.15, -0.1) is 5.10 Å². The number of rotatable bonds is 2. The molecule has 0 atom stereocenters. The van der Waals surface area contributed by atoms with E-state index in [-0.39, 0.29) is 5.82 Å². The Morgan fingerprint density at radius 1 is 1.82 bits per heavy atom. The second-order valence-corrected chi connectivity index (χ2v) is 1.88. The Morgan fingerprint density at radius 2 is 2.55 bits per heavy atom. The van der Waals surface area contributed by atoms with E-state index in [4.69, 9.17) is 0 Å². The highest BCUT2D eigenvalue weighted by atomic mass is 16.5. The summed E-state index contributed by atoms with van der Waals surface area (Å²) in [4.78, 5) is 14.5. The predicted molar refractivity (Wildman–Crippen MR) is 35.8 cm³/mol. The maximum Gasteiger partial charge on any atom is 0.378 e. The molecule has 0 aliphatic rings. The third-order valence-electron chi connectivity index (χ3n) is 1.00. The topological polar surface area (TPSA) is 57.0 Å². The molecule has 59 valence electrons. The van der Waals surface area contributed by atoms with Crippen molar-refractivity contribution in [2.24, 2.45) is 7.05 Å². The van der Waals surface area contributed by atoms with Crippen molar-refractivity contribution in [3.05, 3.63) is 12.2 Å². The fraction of sp³-hybridized carbons (Fsp3) is 0.500. The van der Waals surface area contributed by atoms with Crippen molar-refractivity contribution >= 4 is 5.97 Å². The number of hydrogen-bond donors (Lipinski definition) is 0. The summed E-state index contributed by atoms with van der Waals surface area (Å²) in [5.74, 6) is -0.460. The molecule has 0 amide bonds. The third kappa shape index (κ3) is 1.76. The highest BCUT2D eigenvalue weighted by Gasteiger charge is 2.10. The van der Waals surface area contributed by atoms with E-state index in [0.29, 0.717) is 6.61 Å². The molecule has 1 radical (unpaired) electrons. The summed E-state index contributed by atoms with van der Waals surface area (Å²) in [6.07, 6.45) is 2.46. The highest BCUT2D eigenvalue weighted by molar-refractivity contribution is 5.84. The number of hydrogen-bond acceptors (Lipinski definition) is 4. The number of ether oxygens (including phenoxy) is 1. The summed E-state index contributed by atoms with van der Waals surface area (Å²) in [6, 6.07) is 0. The number of aryl methyl sites for hydroxylation is 1. The van der Waals surface area contributed by atoms with E-state index in [1.807, 2.05) is 0 Å². The van der Waals surface area contributed by atoms with E-state index in [9.17, 15) is 4.79 Å². The monoisotopic (exact) mass is 154 g/mol. The molecular weight excluding hydrogens is 146 g/mol. The molecule has 1 aromatic heterocycles. The standard InChI is InChI=1S/C6H8N3O2/c1-3-11-6(10)5-7-4-9(2)8-5/h3H2,1-2H3. The van der Waals surface area contributed by atoms with Gasteiger partial charge in [-0.2, -0.15) is 4.98 Å². The van der Waals surface area contributed by atoms with Gasteiger partial charge in [0.2, 0.25) is 0 Å². The Kier molecular flexibility index (Phi) is 2.20. The minimum absolute atomic E-state index is 0.0503. The zero-order valence-electron chi connectivity index (χ0n) is 6.37. The van der Waals surface area contributed by atoms with Crippen LogP contribution in [0.1, 0.15) is 17.5 Å². The van der Waals surface area contributed by atoms with Gasteiger partial charge in [-0.1, -0.05) is 0 Å². The van der Waals surface area contributed by atoms with E-state index in [1.54, 1.807) is 14.0 Å². The van der Waals surface area contributed by atoms with E-state index >= 15 is 0 Å². The largest absolute Gasteiger partial charge is 0.460 e. The van der Waals surface area contributed by atoms with Gasteiger partial charge >= 0.3 is 5.97 Å². The van der Waals surface area contributed by atoms with Crippen LogP contribution < -0.4 is 0 Å². The van der Waals surface area contributed by atoms with Crippen LogP contribution in [0.3, 0.4) is 0 Å². The van der Waals surface area contributed by atoms with Gasteiger partial charge < -0.3 is 4.74 Å². The lowest BCUT2D eigenvalue weighted by Gasteiger charge is -1.94. The lowest BCUT2D eigenvalue weighted by Crippen LogP contribution is -2.07. The molecule has 0 saturated carbocycles. The molecule has 1 heterocycles. The van der Waals surface area contributed by atoms with Crippen molar-refractivity contribution in [3.8, 4) is 0 Å². The average Bonchev–Trinajstić information content (AvgIpc) is 2.36. The second-order valence-electron chi connectivity index (χ2n) is 1.88. The molecular formula is C6H8N3O2. The minimum Gasteiger partial charge on any atom is -0.460 e. The van der Waals surface area contributed by atoms with Crippen molar-refractivity contribution in [1.29, 1.82) is 0 Å². The number of carbonyl (C=O) groups is 1. The Morgan fingerprint density at radius 3 is 3.00 bits per heavy atom. The number of carbonyl (C=O) groups excluding carboxylic acids is 1. The molecule has 0 aliphatic heterocycles. The van der Waals surface area contributed by atoms with Crippen LogP contribution in [0.2, 0.25) is 0 Å². The van der Waals surface area contributed by atoms with Gasteiger partial charge in [0.15, 0.2) is 6.33 Å². The molecule has 0 spiro atoms. The Hall–Kier alpha value is -1.39. The highest BCUT2D eigenvalue weighted by Crippen LogP contribution is 1.90. The molecule has 0 aliphatic carbocycles. The first-order valence-corrected chi connectivity index (χ1v) is 3.20. The van der Waals surface area contributed by atoms with E-state index in [0.717, 1.165) is 0 Å². The van der Waals surface area contributed by atoms with Gasteiger partial charge in [0.1, 0.15) is 0 Å². The third-order valence-corrected chi connectivity index (χ3v) is 1.00. The summed E-state index contributed by atoms with van der Waals surface area (Å²) >= 11 is 0. The number of nitrogens with zero attached hydrogens (tertiary/aromatic N) is 3. The molecule has 11 heavy (non-hydrogen) atoms. The van der Waals surface area contributed by atoms with Crippen LogP contribution in [0.15, 0.2) is 0 Å². The molecule has 0 bridgehead atoms. The van der Waals surface area contributed by atoms with Crippen molar-refractivity contribution in [2.45, 2.75) is 6.92 Å². The van der Waals surface area contributed by atoms with E-state index in [1.165, 1.54) is 4.68 Å². The van der Waals surface area contributed by atoms with Gasteiger partial charge in [-0.25, -0.2) is 9.48 Å². The van der Waals surface area contributed by atoms with Crippen LogP contribution in [-0.2, 0) is 11.8 Å². The fourth-order valence-electron chi connectivity index (χ4n) is 0.589. The van der Waals surface area contributed by atoms with E-state index in [2.05, 4.69) is 21.1 Å². The second kappa shape index (κ2) is 3.14. The fourth-order valence-corrected chi connectivity index (χ4v) is 0.589. The first-order valence-electron chi connectivity index (χ1n) is 3.20. The minimum atomic E-state index is -0.510. The predicted octanol–water partition coefficient (Wildman–Crippen LogP) is -0.208.